The predicted molar refractivity (Wildman–Crippen MR) is 75.7 cm³/mol. The van der Waals surface area contributed by atoms with Crippen LogP contribution in [0.1, 0.15) is 6.42 Å². The highest BCUT2D eigenvalue weighted by molar-refractivity contribution is 7.91. The third kappa shape index (κ3) is 3.68. The van der Waals surface area contributed by atoms with Crippen molar-refractivity contribution in [3.63, 3.8) is 0 Å². The van der Waals surface area contributed by atoms with Crippen LogP contribution in [0.2, 0.25) is 0 Å². The van der Waals surface area contributed by atoms with Crippen molar-refractivity contribution in [2.24, 2.45) is 5.92 Å². The van der Waals surface area contributed by atoms with Gasteiger partial charge in [0.2, 0.25) is 10.0 Å². The smallest absolute Gasteiger partial charge is 0.240 e. The van der Waals surface area contributed by atoms with Gasteiger partial charge in [-0.3, -0.25) is 0 Å². The van der Waals surface area contributed by atoms with Crippen molar-refractivity contribution >= 4 is 25.7 Å². The molecular formula is C11H17N3O4S2. The van der Waals surface area contributed by atoms with Gasteiger partial charge in [0.25, 0.3) is 0 Å². The second kappa shape index (κ2) is 5.66. The van der Waals surface area contributed by atoms with Crippen LogP contribution in [0.4, 0.5) is 5.82 Å². The van der Waals surface area contributed by atoms with Crippen molar-refractivity contribution in [3.05, 3.63) is 18.3 Å². The molecule has 0 bridgehead atoms. The van der Waals surface area contributed by atoms with Crippen molar-refractivity contribution < 1.29 is 16.8 Å². The largest absolute Gasteiger partial charge is 0.373 e. The molecule has 1 unspecified atom stereocenters. The molecule has 0 saturated carbocycles. The first-order chi connectivity index (χ1) is 9.32. The van der Waals surface area contributed by atoms with Crippen LogP contribution in [0, 0.1) is 5.92 Å². The highest BCUT2D eigenvalue weighted by atomic mass is 32.2. The van der Waals surface area contributed by atoms with Gasteiger partial charge in [-0.25, -0.2) is 26.5 Å². The molecule has 0 aliphatic carbocycles. The molecule has 1 atom stereocenters. The van der Waals surface area contributed by atoms with E-state index in [9.17, 15) is 16.8 Å². The van der Waals surface area contributed by atoms with Crippen LogP contribution in [0.15, 0.2) is 23.2 Å². The van der Waals surface area contributed by atoms with E-state index in [1.54, 1.807) is 7.05 Å². The van der Waals surface area contributed by atoms with Gasteiger partial charge in [-0.05, 0) is 18.4 Å². The monoisotopic (exact) mass is 319 g/mol. The molecular weight excluding hydrogens is 302 g/mol. The number of sulfonamides is 1. The maximum absolute atomic E-state index is 12.1. The van der Waals surface area contributed by atoms with Gasteiger partial charge in [0.05, 0.1) is 16.4 Å². The Morgan fingerprint density at radius 1 is 1.45 bits per heavy atom. The molecule has 2 rings (SSSR count). The van der Waals surface area contributed by atoms with E-state index in [0.717, 1.165) is 0 Å². The molecule has 1 fully saturated rings. The molecule has 0 amide bonds. The van der Waals surface area contributed by atoms with Gasteiger partial charge >= 0.3 is 0 Å². The summed E-state index contributed by atoms with van der Waals surface area (Å²) < 4.78 is 49.3. The molecule has 9 heteroatoms. The molecule has 0 spiro atoms. The normalized spacial score (nSPS) is 21.8. The predicted octanol–water partition coefficient (Wildman–Crippen LogP) is -0.164. The second-order valence-corrected chi connectivity index (χ2v) is 8.74. The zero-order chi connectivity index (χ0) is 14.8. The molecule has 112 valence electrons. The summed E-state index contributed by atoms with van der Waals surface area (Å²) in [4.78, 5) is 4.05. The van der Waals surface area contributed by atoms with Crippen LogP contribution in [0.25, 0.3) is 0 Å². The third-order valence-electron chi connectivity index (χ3n) is 3.19. The van der Waals surface area contributed by atoms with Crippen LogP contribution in [-0.2, 0) is 19.9 Å². The standard InChI is InChI=1S/C11H17N3O4S2/c1-12-11-6-10(2-4-13-11)20(17,18)14-7-9-3-5-19(15,16)8-9/h2,4,6,9,14H,3,5,7-8H2,1H3,(H,12,13). The number of hydrogen-bond donors (Lipinski definition) is 2. The molecule has 1 aliphatic heterocycles. The number of hydrogen-bond acceptors (Lipinski definition) is 6. The number of nitrogens with one attached hydrogen (secondary N) is 2. The Morgan fingerprint density at radius 2 is 2.20 bits per heavy atom. The molecule has 0 aromatic carbocycles. The van der Waals surface area contributed by atoms with E-state index >= 15 is 0 Å². The summed E-state index contributed by atoms with van der Waals surface area (Å²) in [6, 6.07) is 2.82. The minimum atomic E-state index is -3.64. The Hall–Kier alpha value is -1.19. The van der Waals surface area contributed by atoms with E-state index < -0.39 is 19.9 Å². The fourth-order valence-electron chi connectivity index (χ4n) is 2.06. The van der Waals surface area contributed by atoms with Gasteiger partial charge in [0.1, 0.15) is 5.82 Å². The Kier molecular flexibility index (Phi) is 4.31. The van der Waals surface area contributed by atoms with Crippen LogP contribution in [0.3, 0.4) is 0 Å². The molecule has 1 aliphatic rings. The van der Waals surface area contributed by atoms with Gasteiger partial charge in [-0.2, -0.15) is 0 Å². The van der Waals surface area contributed by atoms with Gasteiger partial charge in [-0.1, -0.05) is 0 Å². The Morgan fingerprint density at radius 3 is 2.80 bits per heavy atom. The molecule has 1 aromatic heterocycles. The van der Waals surface area contributed by atoms with E-state index in [4.69, 9.17) is 0 Å². The highest BCUT2D eigenvalue weighted by Crippen LogP contribution is 2.18. The van der Waals surface area contributed by atoms with Crippen molar-refractivity contribution in [3.8, 4) is 0 Å². The lowest BCUT2D eigenvalue weighted by molar-refractivity contribution is 0.543. The second-order valence-electron chi connectivity index (χ2n) is 4.75. The van der Waals surface area contributed by atoms with E-state index in [0.29, 0.717) is 12.2 Å². The topological polar surface area (TPSA) is 105 Å². The van der Waals surface area contributed by atoms with E-state index in [-0.39, 0.29) is 28.9 Å². The van der Waals surface area contributed by atoms with Gasteiger partial charge in [0.15, 0.2) is 9.84 Å². The number of anilines is 1. The Bertz CT molecular complexity index is 685. The first-order valence-corrected chi connectivity index (χ1v) is 9.47. The summed E-state index contributed by atoms with van der Waals surface area (Å²) in [6.45, 7) is 0.138. The molecule has 1 saturated heterocycles. The van der Waals surface area contributed by atoms with Crippen molar-refractivity contribution in [2.45, 2.75) is 11.3 Å². The number of sulfone groups is 1. The number of aromatic nitrogens is 1. The SMILES string of the molecule is CNc1cc(S(=O)(=O)NCC2CCS(=O)(=O)C2)ccn1. The first-order valence-electron chi connectivity index (χ1n) is 6.16. The number of pyridine rings is 1. The Labute approximate surface area is 118 Å². The van der Waals surface area contributed by atoms with Gasteiger partial charge in [0, 0.05) is 25.9 Å². The van der Waals surface area contributed by atoms with Crippen LogP contribution in [0.5, 0.6) is 0 Å². The fraction of sp³-hybridized carbons (Fsp3) is 0.545. The van der Waals surface area contributed by atoms with E-state index in [1.165, 1.54) is 18.3 Å². The first kappa shape index (κ1) is 15.2. The lowest BCUT2D eigenvalue weighted by Crippen LogP contribution is -2.30. The molecule has 2 N–H and O–H groups in total. The van der Waals surface area contributed by atoms with Crippen molar-refractivity contribution in [2.75, 3.05) is 30.4 Å². The summed E-state index contributed by atoms with van der Waals surface area (Å²) in [5.74, 6) is 0.489. The maximum Gasteiger partial charge on any atom is 0.240 e. The summed E-state index contributed by atoms with van der Waals surface area (Å²) in [6.07, 6.45) is 1.91. The highest BCUT2D eigenvalue weighted by Gasteiger charge is 2.29. The average molecular weight is 319 g/mol. The zero-order valence-electron chi connectivity index (χ0n) is 11.0. The van der Waals surface area contributed by atoms with Crippen LogP contribution in [-0.4, -0.2) is 46.9 Å². The third-order valence-corrected chi connectivity index (χ3v) is 6.44. The molecule has 0 radical (unpaired) electrons. The number of rotatable bonds is 5. The van der Waals surface area contributed by atoms with Crippen molar-refractivity contribution in [1.82, 2.24) is 9.71 Å². The molecule has 7 nitrogen and oxygen atoms in total. The lowest BCUT2D eigenvalue weighted by atomic mass is 10.1. The minimum absolute atomic E-state index is 0.0492. The van der Waals surface area contributed by atoms with Crippen LogP contribution >= 0.6 is 0 Å². The summed E-state index contributed by atoms with van der Waals surface area (Å²) in [7, 11) is -4.99. The zero-order valence-corrected chi connectivity index (χ0v) is 12.7. The maximum atomic E-state index is 12.1. The summed E-state index contributed by atoms with van der Waals surface area (Å²) in [5.41, 5.74) is 0. The van der Waals surface area contributed by atoms with Gasteiger partial charge in [-0.15, -0.1) is 0 Å². The van der Waals surface area contributed by atoms with Crippen LogP contribution < -0.4 is 10.0 Å². The molecule has 1 aromatic rings. The Balaban J connectivity index is 2.04. The summed E-state index contributed by atoms with van der Waals surface area (Å²) >= 11 is 0. The van der Waals surface area contributed by atoms with Gasteiger partial charge < -0.3 is 5.32 Å². The van der Waals surface area contributed by atoms with E-state index in [2.05, 4.69) is 15.0 Å². The quantitative estimate of drug-likeness (QED) is 0.781. The minimum Gasteiger partial charge on any atom is -0.373 e. The molecule has 2 heterocycles. The molecule has 20 heavy (non-hydrogen) atoms. The summed E-state index contributed by atoms with van der Waals surface area (Å²) in [5, 5.41) is 2.76. The number of nitrogens with zero attached hydrogens (tertiary/aromatic N) is 1. The average Bonchev–Trinajstić information content (AvgIpc) is 2.76. The van der Waals surface area contributed by atoms with E-state index in [1.807, 2.05) is 0 Å². The van der Waals surface area contributed by atoms with Crippen molar-refractivity contribution in [1.29, 1.82) is 0 Å². The fourth-order valence-corrected chi connectivity index (χ4v) is 5.05. The lowest BCUT2D eigenvalue weighted by Gasteiger charge is -2.11.